The summed E-state index contributed by atoms with van der Waals surface area (Å²) < 4.78 is 42.7. The Hall–Kier alpha value is -2.54. The standard InChI is InChI=1S/C24H29BrN3O9P/c1-13(2)20(26)23(30)36-17-9-19(28-10-15(7-8-25)22(29)27-24(28)31)35-18(17)12-34-38(32)33-11-16-6-4-5-14(3)21(16)37-38/h4-8,10,13,17-20H,9,11-12,26H2,1-3H3,(H,27,29,31)/b8-7+/t17-,18+,19+,20-,38?/m0/s1. The number of nitrogens with two attached hydrogens (primary N) is 1. The highest BCUT2D eigenvalue weighted by Crippen LogP contribution is 2.55. The van der Waals surface area contributed by atoms with Gasteiger partial charge in [-0.25, -0.2) is 9.36 Å². The van der Waals surface area contributed by atoms with Crippen LogP contribution in [0.1, 0.15) is 43.2 Å². The Morgan fingerprint density at radius 1 is 1.37 bits per heavy atom. The first-order chi connectivity index (χ1) is 18.0. The largest absolute Gasteiger partial charge is 0.530 e. The first-order valence-corrected chi connectivity index (χ1v) is 14.3. The number of halogens is 1. The molecule has 0 saturated carbocycles. The van der Waals surface area contributed by atoms with E-state index in [2.05, 4.69) is 20.9 Å². The number of hydrogen-bond donors (Lipinski definition) is 2. The lowest BCUT2D eigenvalue weighted by Crippen LogP contribution is -2.41. The zero-order chi connectivity index (χ0) is 27.6. The Kier molecular flexibility index (Phi) is 8.75. The number of carbonyl (C=O) groups is 1. The van der Waals surface area contributed by atoms with Crippen LogP contribution in [0.2, 0.25) is 0 Å². The number of carbonyl (C=O) groups excluding carboxylic acids is 1. The Bertz CT molecular complexity index is 1390. The smallest absolute Gasteiger partial charge is 0.458 e. The molecule has 3 heterocycles. The van der Waals surface area contributed by atoms with Crippen molar-refractivity contribution in [1.82, 2.24) is 9.55 Å². The highest BCUT2D eigenvalue weighted by atomic mass is 79.9. The Labute approximate surface area is 226 Å². The molecule has 0 bridgehead atoms. The first-order valence-electron chi connectivity index (χ1n) is 11.9. The minimum atomic E-state index is -4.02. The average Bonchev–Trinajstić information content (AvgIpc) is 3.26. The monoisotopic (exact) mass is 613 g/mol. The van der Waals surface area contributed by atoms with Gasteiger partial charge < -0.3 is 19.7 Å². The third-order valence-corrected chi connectivity index (χ3v) is 7.84. The molecule has 3 N–H and O–H groups in total. The van der Waals surface area contributed by atoms with Gasteiger partial charge in [0.05, 0.1) is 18.8 Å². The number of rotatable bonds is 8. The van der Waals surface area contributed by atoms with E-state index in [1.54, 1.807) is 19.9 Å². The van der Waals surface area contributed by atoms with Crippen molar-refractivity contribution < 1.29 is 32.4 Å². The number of nitrogens with zero attached hydrogens (tertiary/aromatic N) is 1. The van der Waals surface area contributed by atoms with Crippen molar-refractivity contribution in [3.63, 3.8) is 0 Å². The van der Waals surface area contributed by atoms with E-state index in [4.69, 9.17) is 28.8 Å². The summed E-state index contributed by atoms with van der Waals surface area (Å²) >= 11 is 3.11. The summed E-state index contributed by atoms with van der Waals surface area (Å²) in [6.07, 6.45) is 0.0565. The van der Waals surface area contributed by atoms with Crippen molar-refractivity contribution >= 4 is 35.8 Å². The van der Waals surface area contributed by atoms with Crippen LogP contribution in [-0.2, 0) is 34.5 Å². The normalized spacial score (nSPS) is 25.8. The van der Waals surface area contributed by atoms with E-state index in [0.29, 0.717) is 5.75 Å². The Morgan fingerprint density at radius 2 is 2.13 bits per heavy atom. The van der Waals surface area contributed by atoms with Gasteiger partial charge in [-0.2, -0.15) is 0 Å². The molecular formula is C24H29BrN3O9P. The second kappa shape index (κ2) is 11.7. The summed E-state index contributed by atoms with van der Waals surface area (Å²) in [5.41, 5.74) is 6.37. The van der Waals surface area contributed by atoms with E-state index in [1.165, 1.54) is 21.8 Å². The molecule has 4 rings (SSSR count). The SMILES string of the molecule is Cc1cccc2c1OP(=O)(OC[C@H]1O[C@@H](n3cc(/C=C/Br)c(=O)[nH]c3=O)C[C@@H]1OC(=O)[C@@H](N)C(C)C)OC2. The summed E-state index contributed by atoms with van der Waals surface area (Å²) in [4.78, 5) is 41.0. The fourth-order valence-corrected chi connectivity index (χ4v) is 5.60. The van der Waals surface area contributed by atoms with E-state index in [-0.39, 0.29) is 31.1 Å². The minimum Gasteiger partial charge on any atom is -0.458 e. The molecular weight excluding hydrogens is 585 g/mol. The molecule has 5 atom stereocenters. The topological polar surface area (TPSA) is 161 Å². The van der Waals surface area contributed by atoms with Crippen LogP contribution in [0.3, 0.4) is 0 Å². The summed E-state index contributed by atoms with van der Waals surface area (Å²) in [5, 5.41) is 0. The van der Waals surface area contributed by atoms with Crippen molar-refractivity contribution in [2.24, 2.45) is 11.7 Å². The molecule has 2 aliphatic rings. The van der Waals surface area contributed by atoms with Gasteiger partial charge in [-0.05, 0) is 29.5 Å². The highest BCUT2D eigenvalue weighted by molar-refractivity contribution is 9.11. The molecule has 2 aromatic rings. The van der Waals surface area contributed by atoms with Crippen LogP contribution >= 0.6 is 23.8 Å². The summed E-state index contributed by atoms with van der Waals surface area (Å²) in [6, 6.07) is 4.56. The quantitative estimate of drug-likeness (QED) is 0.334. The molecule has 0 radical (unpaired) electrons. The molecule has 1 aromatic heterocycles. The second-order valence-electron chi connectivity index (χ2n) is 9.32. The molecule has 1 unspecified atom stereocenters. The highest BCUT2D eigenvalue weighted by Gasteiger charge is 2.43. The molecule has 0 aliphatic carbocycles. The van der Waals surface area contributed by atoms with Crippen molar-refractivity contribution in [1.29, 1.82) is 0 Å². The van der Waals surface area contributed by atoms with E-state index in [0.717, 1.165) is 11.1 Å². The van der Waals surface area contributed by atoms with Crippen LogP contribution in [0, 0.1) is 12.8 Å². The summed E-state index contributed by atoms with van der Waals surface area (Å²) in [6.45, 7) is 5.06. The van der Waals surface area contributed by atoms with E-state index >= 15 is 0 Å². The number of benzene rings is 1. The van der Waals surface area contributed by atoms with Gasteiger partial charge in [-0.1, -0.05) is 48.0 Å². The predicted octanol–water partition coefficient (Wildman–Crippen LogP) is 3.13. The zero-order valence-corrected chi connectivity index (χ0v) is 23.5. The van der Waals surface area contributed by atoms with E-state index in [1.807, 2.05) is 19.1 Å². The number of aryl methyl sites for hydroxylation is 1. The van der Waals surface area contributed by atoms with E-state index in [9.17, 15) is 18.9 Å². The summed E-state index contributed by atoms with van der Waals surface area (Å²) in [7, 11) is -4.02. The zero-order valence-electron chi connectivity index (χ0n) is 21.0. The molecule has 0 amide bonds. The van der Waals surface area contributed by atoms with Crippen LogP contribution in [0.15, 0.2) is 39.0 Å². The molecule has 38 heavy (non-hydrogen) atoms. The van der Waals surface area contributed by atoms with Crippen LogP contribution in [0.4, 0.5) is 0 Å². The number of esters is 1. The molecule has 206 valence electrons. The van der Waals surface area contributed by atoms with Gasteiger partial charge in [0.2, 0.25) is 0 Å². The fourth-order valence-electron chi connectivity index (χ4n) is 4.02. The number of para-hydroxylation sites is 1. The number of fused-ring (bicyclic) bond motifs is 1. The Morgan fingerprint density at radius 3 is 2.84 bits per heavy atom. The predicted molar refractivity (Wildman–Crippen MR) is 141 cm³/mol. The third-order valence-electron chi connectivity index (χ3n) is 6.26. The van der Waals surface area contributed by atoms with Crippen molar-refractivity contribution in [2.75, 3.05) is 6.61 Å². The maximum absolute atomic E-state index is 13.2. The molecule has 14 heteroatoms. The number of phosphoric ester groups is 1. The number of phosphoric acid groups is 1. The molecule has 0 spiro atoms. The number of nitrogens with one attached hydrogen (secondary N) is 1. The number of ether oxygens (including phenoxy) is 2. The van der Waals surface area contributed by atoms with Crippen molar-refractivity contribution in [2.45, 2.75) is 58.3 Å². The van der Waals surface area contributed by atoms with Crippen molar-refractivity contribution in [3.05, 3.63) is 66.9 Å². The van der Waals surface area contributed by atoms with E-state index < -0.39 is 49.5 Å². The third kappa shape index (κ3) is 6.19. The summed E-state index contributed by atoms with van der Waals surface area (Å²) in [5.74, 6) is -0.415. The number of aromatic amines is 1. The molecule has 1 saturated heterocycles. The maximum Gasteiger partial charge on any atom is 0.530 e. The lowest BCUT2D eigenvalue weighted by atomic mass is 10.1. The first kappa shape index (κ1) is 28.5. The van der Waals surface area contributed by atoms with Crippen LogP contribution in [0.5, 0.6) is 5.75 Å². The fraction of sp³-hybridized carbons (Fsp3) is 0.458. The minimum absolute atomic E-state index is 0.0285. The number of H-pyrrole nitrogens is 1. The maximum atomic E-state index is 13.2. The van der Waals surface area contributed by atoms with Crippen molar-refractivity contribution in [3.8, 4) is 5.75 Å². The number of aromatic nitrogens is 2. The second-order valence-corrected chi connectivity index (χ2v) is 11.4. The lowest BCUT2D eigenvalue weighted by molar-refractivity contribution is -0.155. The molecule has 1 fully saturated rings. The Balaban J connectivity index is 1.56. The van der Waals surface area contributed by atoms with Gasteiger partial charge in [0, 0.05) is 18.2 Å². The van der Waals surface area contributed by atoms with Gasteiger partial charge >= 0.3 is 19.5 Å². The lowest BCUT2D eigenvalue weighted by Gasteiger charge is -2.27. The molecule has 1 aromatic carbocycles. The van der Waals surface area contributed by atoms with Gasteiger partial charge in [0.1, 0.15) is 30.2 Å². The van der Waals surface area contributed by atoms with Crippen LogP contribution in [0.25, 0.3) is 6.08 Å². The molecule has 2 aliphatic heterocycles. The van der Waals surface area contributed by atoms with Gasteiger partial charge in [-0.3, -0.25) is 28.2 Å². The molecule has 12 nitrogen and oxygen atoms in total. The van der Waals surface area contributed by atoms with Gasteiger partial charge in [0.15, 0.2) is 0 Å². The average molecular weight is 614 g/mol. The van der Waals surface area contributed by atoms with Crippen LogP contribution < -0.4 is 21.5 Å². The van der Waals surface area contributed by atoms with Gasteiger partial charge in [0.25, 0.3) is 5.56 Å². The number of hydrogen-bond acceptors (Lipinski definition) is 10. The van der Waals surface area contributed by atoms with Gasteiger partial charge in [-0.15, -0.1) is 0 Å². The van der Waals surface area contributed by atoms with Crippen LogP contribution in [-0.4, -0.2) is 40.4 Å².